The molecule has 1 aliphatic carbocycles. The van der Waals surface area contributed by atoms with Crippen LogP contribution in [0.4, 0.5) is 0 Å². The van der Waals surface area contributed by atoms with Gasteiger partial charge in [0.25, 0.3) is 0 Å². The van der Waals surface area contributed by atoms with Crippen LogP contribution < -0.4 is 0 Å². The Labute approximate surface area is 92.4 Å². The number of nitrogens with zero attached hydrogens (tertiary/aromatic N) is 1. The van der Waals surface area contributed by atoms with Crippen LogP contribution in [0.5, 0.6) is 0 Å². The highest BCUT2D eigenvalue weighted by Gasteiger charge is 2.20. The molecule has 0 aromatic heterocycles. The third-order valence-corrected chi connectivity index (χ3v) is 3.37. The number of thioether (sulfide) groups is 1. The monoisotopic (exact) mass is 217 g/mol. The van der Waals surface area contributed by atoms with E-state index in [-0.39, 0.29) is 0 Å². The van der Waals surface area contributed by atoms with E-state index in [1.54, 1.807) is 0 Å². The van der Waals surface area contributed by atoms with Gasteiger partial charge in [-0.1, -0.05) is 6.92 Å². The molecule has 0 aromatic carbocycles. The maximum Gasteiger partial charge on any atom is 0.0593 e. The Morgan fingerprint density at radius 1 is 1.36 bits per heavy atom. The molecule has 0 amide bonds. The second kappa shape index (κ2) is 7.55. The summed E-state index contributed by atoms with van der Waals surface area (Å²) in [6, 6.07) is 0. The molecule has 1 aliphatic rings. The number of likely N-dealkylation sites (N-methyl/N-ethyl adjacent to an activating group) is 1. The van der Waals surface area contributed by atoms with E-state index >= 15 is 0 Å². The maximum atomic E-state index is 5.59. The van der Waals surface area contributed by atoms with Crippen LogP contribution in [0.15, 0.2) is 0 Å². The third-order valence-electron chi connectivity index (χ3n) is 2.49. The fraction of sp³-hybridized carbons (Fsp3) is 1.00. The largest absolute Gasteiger partial charge is 0.380 e. The topological polar surface area (TPSA) is 12.5 Å². The Morgan fingerprint density at radius 3 is 2.79 bits per heavy atom. The predicted molar refractivity (Wildman–Crippen MR) is 64.0 cm³/mol. The predicted octanol–water partition coefficient (Wildman–Crippen LogP) is 2.10. The molecule has 0 N–H and O–H groups in total. The fourth-order valence-electron chi connectivity index (χ4n) is 1.23. The van der Waals surface area contributed by atoms with Gasteiger partial charge in [0.1, 0.15) is 0 Å². The molecule has 0 saturated heterocycles. The molecule has 0 heterocycles. The van der Waals surface area contributed by atoms with Crippen molar-refractivity contribution in [2.24, 2.45) is 5.92 Å². The van der Waals surface area contributed by atoms with Crippen LogP contribution in [0.25, 0.3) is 0 Å². The van der Waals surface area contributed by atoms with Crippen molar-refractivity contribution in [3.63, 3.8) is 0 Å². The van der Waals surface area contributed by atoms with Gasteiger partial charge in [0.2, 0.25) is 0 Å². The lowest BCUT2D eigenvalue weighted by molar-refractivity contribution is 0.105. The van der Waals surface area contributed by atoms with Crippen molar-refractivity contribution < 1.29 is 4.74 Å². The number of hydrogen-bond acceptors (Lipinski definition) is 3. The highest BCUT2D eigenvalue weighted by Crippen LogP contribution is 2.28. The van der Waals surface area contributed by atoms with Gasteiger partial charge in [0, 0.05) is 25.4 Å². The molecule has 0 aromatic rings. The summed E-state index contributed by atoms with van der Waals surface area (Å²) >= 11 is 2.01. The van der Waals surface area contributed by atoms with Gasteiger partial charge in [-0.05, 0) is 31.6 Å². The average Bonchev–Trinajstić information content (AvgIpc) is 2.97. The summed E-state index contributed by atoms with van der Waals surface area (Å²) in [4.78, 5) is 2.36. The lowest BCUT2D eigenvalue weighted by atomic mass is 10.5. The van der Waals surface area contributed by atoms with E-state index in [1.807, 2.05) is 11.8 Å². The molecule has 84 valence electrons. The molecule has 0 atom stereocenters. The van der Waals surface area contributed by atoms with Crippen LogP contribution in [-0.2, 0) is 4.74 Å². The van der Waals surface area contributed by atoms with E-state index in [9.17, 15) is 0 Å². The zero-order chi connectivity index (χ0) is 10.2. The fourth-order valence-corrected chi connectivity index (χ4v) is 1.96. The summed E-state index contributed by atoms with van der Waals surface area (Å²) in [5.41, 5.74) is 0. The van der Waals surface area contributed by atoms with Gasteiger partial charge < -0.3 is 9.64 Å². The quantitative estimate of drug-likeness (QED) is 0.549. The van der Waals surface area contributed by atoms with Gasteiger partial charge in [0.05, 0.1) is 6.61 Å². The van der Waals surface area contributed by atoms with Crippen molar-refractivity contribution in [2.45, 2.75) is 19.8 Å². The Balaban J connectivity index is 1.78. The molecule has 3 heteroatoms. The first-order valence-corrected chi connectivity index (χ1v) is 6.82. The minimum Gasteiger partial charge on any atom is -0.380 e. The number of hydrogen-bond donors (Lipinski definition) is 0. The first-order valence-electron chi connectivity index (χ1n) is 5.67. The Kier molecular flexibility index (Phi) is 6.65. The molecule has 0 bridgehead atoms. The SMILES string of the molecule is CCSCCN(C)CCOCC1CC1. The molecule has 0 radical (unpaired) electrons. The lowest BCUT2D eigenvalue weighted by Crippen LogP contribution is -2.25. The van der Waals surface area contributed by atoms with E-state index in [2.05, 4.69) is 18.9 Å². The third kappa shape index (κ3) is 6.68. The molecule has 0 aliphatic heterocycles. The molecule has 1 saturated carbocycles. The van der Waals surface area contributed by atoms with Crippen molar-refractivity contribution in [1.29, 1.82) is 0 Å². The normalized spacial score (nSPS) is 16.5. The van der Waals surface area contributed by atoms with Gasteiger partial charge in [-0.25, -0.2) is 0 Å². The summed E-state index contributed by atoms with van der Waals surface area (Å²) in [6.07, 6.45) is 2.78. The molecule has 2 nitrogen and oxygen atoms in total. The number of rotatable bonds is 9. The smallest absolute Gasteiger partial charge is 0.0593 e. The van der Waals surface area contributed by atoms with E-state index in [0.29, 0.717) is 0 Å². The van der Waals surface area contributed by atoms with Gasteiger partial charge >= 0.3 is 0 Å². The molecular formula is C11H23NOS. The van der Waals surface area contributed by atoms with Crippen LogP contribution in [0.1, 0.15) is 19.8 Å². The number of ether oxygens (including phenoxy) is 1. The first-order chi connectivity index (χ1) is 6.83. The second-order valence-electron chi connectivity index (χ2n) is 4.02. The van der Waals surface area contributed by atoms with Crippen LogP contribution >= 0.6 is 11.8 Å². The first kappa shape index (κ1) is 12.3. The van der Waals surface area contributed by atoms with Crippen LogP contribution in [-0.4, -0.2) is 49.8 Å². The highest BCUT2D eigenvalue weighted by atomic mass is 32.2. The van der Waals surface area contributed by atoms with Crippen LogP contribution in [0.3, 0.4) is 0 Å². The van der Waals surface area contributed by atoms with Crippen molar-refractivity contribution in [3.05, 3.63) is 0 Å². The standard InChI is InChI=1S/C11H23NOS/c1-3-14-9-7-12(2)6-8-13-10-11-4-5-11/h11H,3-10H2,1-2H3. The Hall–Kier alpha value is 0.270. The summed E-state index contributed by atoms with van der Waals surface area (Å²) in [5.74, 6) is 3.37. The minimum absolute atomic E-state index is 0.899. The zero-order valence-electron chi connectivity index (χ0n) is 9.50. The molecule has 0 unspecified atom stereocenters. The lowest BCUT2D eigenvalue weighted by Gasteiger charge is -2.15. The van der Waals surface area contributed by atoms with Gasteiger partial charge in [-0.3, -0.25) is 0 Å². The molecule has 1 fully saturated rings. The molecule has 14 heavy (non-hydrogen) atoms. The van der Waals surface area contributed by atoms with Crippen molar-refractivity contribution >= 4 is 11.8 Å². The van der Waals surface area contributed by atoms with Crippen molar-refractivity contribution in [3.8, 4) is 0 Å². The Bertz CT molecular complexity index is 139. The molecule has 0 spiro atoms. The van der Waals surface area contributed by atoms with Gasteiger partial charge in [-0.15, -0.1) is 0 Å². The average molecular weight is 217 g/mol. The Morgan fingerprint density at radius 2 is 2.14 bits per heavy atom. The van der Waals surface area contributed by atoms with Crippen LogP contribution in [0, 0.1) is 5.92 Å². The van der Waals surface area contributed by atoms with Gasteiger partial charge in [-0.2, -0.15) is 11.8 Å². The van der Waals surface area contributed by atoms with E-state index < -0.39 is 0 Å². The summed E-state index contributed by atoms with van der Waals surface area (Å²) in [5, 5.41) is 0. The molecular weight excluding hydrogens is 194 g/mol. The summed E-state index contributed by atoms with van der Waals surface area (Å²) in [6.45, 7) is 6.38. The van der Waals surface area contributed by atoms with Crippen LogP contribution in [0.2, 0.25) is 0 Å². The molecule has 1 rings (SSSR count). The van der Waals surface area contributed by atoms with E-state index in [1.165, 1.54) is 30.9 Å². The van der Waals surface area contributed by atoms with Gasteiger partial charge in [0.15, 0.2) is 0 Å². The van der Waals surface area contributed by atoms with E-state index in [0.717, 1.165) is 25.7 Å². The summed E-state index contributed by atoms with van der Waals surface area (Å²) in [7, 11) is 2.18. The minimum atomic E-state index is 0.899. The van der Waals surface area contributed by atoms with Crippen molar-refractivity contribution in [2.75, 3.05) is 44.9 Å². The zero-order valence-corrected chi connectivity index (χ0v) is 10.3. The maximum absolute atomic E-state index is 5.59. The summed E-state index contributed by atoms with van der Waals surface area (Å²) < 4.78 is 5.59. The van der Waals surface area contributed by atoms with Crippen molar-refractivity contribution in [1.82, 2.24) is 4.90 Å². The second-order valence-corrected chi connectivity index (χ2v) is 5.41. The highest BCUT2D eigenvalue weighted by molar-refractivity contribution is 7.99. The van der Waals surface area contributed by atoms with E-state index in [4.69, 9.17) is 4.74 Å².